The molecule has 0 aliphatic carbocycles. The van der Waals surface area contributed by atoms with Crippen LogP contribution < -0.4 is 4.74 Å². The molecule has 118 valence electrons. The first-order chi connectivity index (χ1) is 10.3. The van der Waals surface area contributed by atoms with Crippen LogP contribution in [0, 0.1) is 0 Å². The molecule has 1 aromatic carbocycles. The molecule has 0 radical (unpaired) electrons. The zero-order chi connectivity index (χ0) is 16.3. The van der Waals surface area contributed by atoms with Crippen molar-refractivity contribution < 1.29 is 14.3 Å². The average molecular weight is 384 g/mol. The number of hydrogen-bond acceptors (Lipinski definition) is 5. The second kappa shape index (κ2) is 6.79. The summed E-state index contributed by atoms with van der Waals surface area (Å²) in [5.41, 5.74) is 0.701. The molecule has 0 saturated carbocycles. The van der Waals surface area contributed by atoms with Crippen LogP contribution in [-0.4, -0.2) is 23.2 Å². The zero-order valence-electron chi connectivity index (χ0n) is 13.0. The second-order valence-corrected chi connectivity index (χ2v) is 7.92. The number of benzene rings is 1. The summed E-state index contributed by atoms with van der Waals surface area (Å²) >= 11 is 4.80. The summed E-state index contributed by atoms with van der Waals surface area (Å²) < 4.78 is 11.5. The van der Waals surface area contributed by atoms with Crippen LogP contribution in [0.5, 0.6) is 5.75 Å². The highest BCUT2D eigenvalue weighted by Gasteiger charge is 2.23. The largest absolute Gasteiger partial charge is 0.494 e. The maximum absolute atomic E-state index is 12.1. The fraction of sp³-hybridized carbons (Fsp3) is 0.375. The first kappa shape index (κ1) is 17.0. The lowest BCUT2D eigenvalue weighted by Crippen LogP contribution is -2.24. The van der Waals surface area contributed by atoms with Crippen LogP contribution in [0.3, 0.4) is 0 Å². The fourth-order valence-corrected chi connectivity index (χ4v) is 3.23. The highest BCUT2D eigenvalue weighted by molar-refractivity contribution is 9.11. The van der Waals surface area contributed by atoms with Crippen molar-refractivity contribution >= 4 is 33.2 Å². The van der Waals surface area contributed by atoms with Gasteiger partial charge in [-0.3, -0.25) is 0 Å². The first-order valence-electron chi connectivity index (χ1n) is 6.93. The minimum atomic E-state index is -0.542. The lowest BCUT2D eigenvalue weighted by atomic mass is 10.2. The Kier molecular flexibility index (Phi) is 5.24. The molecular formula is C16H18BrNO3S. The minimum Gasteiger partial charge on any atom is -0.494 e. The topological polar surface area (TPSA) is 48.4 Å². The van der Waals surface area contributed by atoms with E-state index in [2.05, 4.69) is 20.9 Å². The Balaban J connectivity index is 2.23. The van der Waals surface area contributed by atoms with E-state index in [1.807, 2.05) is 52.0 Å². The molecule has 0 unspecified atom stereocenters. The molecule has 0 saturated heterocycles. The molecular weight excluding hydrogens is 366 g/mol. The van der Waals surface area contributed by atoms with E-state index in [0.29, 0.717) is 16.1 Å². The lowest BCUT2D eigenvalue weighted by Gasteiger charge is -2.18. The van der Waals surface area contributed by atoms with E-state index in [-0.39, 0.29) is 0 Å². The van der Waals surface area contributed by atoms with E-state index in [1.54, 1.807) is 0 Å². The second-order valence-electron chi connectivity index (χ2n) is 5.60. The van der Waals surface area contributed by atoms with Gasteiger partial charge in [0.2, 0.25) is 0 Å². The molecule has 0 aliphatic rings. The van der Waals surface area contributed by atoms with Crippen LogP contribution in [0.25, 0.3) is 10.6 Å². The van der Waals surface area contributed by atoms with E-state index in [1.165, 1.54) is 11.3 Å². The molecule has 0 fully saturated rings. The van der Waals surface area contributed by atoms with E-state index in [0.717, 1.165) is 16.3 Å². The Bertz CT molecular complexity index is 659. The Morgan fingerprint density at radius 1 is 1.27 bits per heavy atom. The van der Waals surface area contributed by atoms with Gasteiger partial charge in [0.1, 0.15) is 20.1 Å². The number of nitrogens with zero attached hydrogens (tertiary/aromatic N) is 1. The smallest absolute Gasteiger partial charge is 0.359 e. The molecule has 0 aliphatic heterocycles. The predicted molar refractivity (Wildman–Crippen MR) is 91.6 cm³/mol. The normalized spacial score (nSPS) is 11.3. The molecule has 22 heavy (non-hydrogen) atoms. The molecule has 4 nitrogen and oxygen atoms in total. The number of thiazole rings is 1. The van der Waals surface area contributed by atoms with Crippen molar-refractivity contribution in [1.29, 1.82) is 0 Å². The molecule has 0 N–H and O–H groups in total. The van der Waals surface area contributed by atoms with Gasteiger partial charge in [0.25, 0.3) is 0 Å². The van der Waals surface area contributed by atoms with E-state index in [4.69, 9.17) is 9.47 Å². The van der Waals surface area contributed by atoms with Crippen LogP contribution in [0.1, 0.15) is 38.2 Å². The van der Waals surface area contributed by atoms with E-state index in [9.17, 15) is 4.79 Å². The van der Waals surface area contributed by atoms with Crippen LogP contribution >= 0.6 is 27.3 Å². The van der Waals surface area contributed by atoms with Crippen LogP contribution in [0.2, 0.25) is 0 Å². The molecule has 0 spiro atoms. The van der Waals surface area contributed by atoms with Gasteiger partial charge in [-0.05, 0) is 67.9 Å². The third-order valence-corrected chi connectivity index (χ3v) is 4.34. The van der Waals surface area contributed by atoms with Crippen molar-refractivity contribution in [2.45, 2.75) is 33.3 Å². The number of carbonyl (C=O) groups excluding carboxylic acids is 1. The summed E-state index contributed by atoms with van der Waals surface area (Å²) in [7, 11) is 0. The Labute approximate surface area is 142 Å². The van der Waals surface area contributed by atoms with Gasteiger partial charge in [-0.25, -0.2) is 9.78 Å². The summed E-state index contributed by atoms with van der Waals surface area (Å²) in [6, 6.07) is 7.63. The summed E-state index contributed by atoms with van der Waals surface area (Å²) in [5, 5.41) is 0.760. The number of carbonyl (C=O) groups is 1. The Morgan fingerprint density at radius 2 is 1.91 bits per heavy atom. The van der Waals surface area contributed by atoms with Gasteiger partial charge >= 0.3 is 5.97 Å². The maximum Gasteiger partial charge on any atom is 0.359 e. The van der Waals surface area contributed by atoms with Gasteiger partial charge in [0.15, 0.2) is 5.69 Å². The van der Waals surface area contributed by atoms with Crippen LogP contribution in [0.15, 0.2) is 28.1 Å². The zero-order valence-corrected chi connectivity index (χ0v) is 15.4. The van der Waals surface area contributed by atoms with Gasteiger partial charge in [-0.1, -0.05) is 0 Å². The Morgan fingerprint density at radius 3 is 2.45 bits per heavy atom. The SMILES string of the molecule is CCOc1ccc(-c2nc(C(=O)OC(C)(C)C)c(Br)s2)cc1. The summed E-state index contributed by atoms with van der Waals surface area (Å²) in [6.07, 6.45) is 0. The summed E-state index contributed by atoms with van der Waals surface area (Å²) in [4.78, 5) is 16.5. The molecule has 2 rings (SSSR count). The lowest BCUT2D eigenvalue weighted by molar-refractivity contribution is 0.00628. The predicted octanol–water partition coefficient (Wildman–Crippen LogP) is 4.93. The number of esters is 1. The van der Waals surface area contributed by atoms with E-state index < -0.39 is 11.6 Å². The van der Waals surface area contributed by atoms with Gasteiger partial charge in [-0.15, -0.1) is 11.3 Å². The minimum absolute atomic E-state index is 0.309. The number of hydrogen-bond donors (Lipinski definition) is 0. The molecule has 0 bridgehead atoms. The van der Waals surface area contributed by atoms with E-state index >= 15 is 0 Å². The van der Waals surface area contributed by atoms with Gasteiger partial charge < -0.3 is 9.47 Å². The molecule has 1 aromatic heterocycles. The van der Waals surface area contributed by atoms with Crippen molar-refractivity contribution in [3.63, 3.8) is 0 Å². The Hall–Kier alpha value is -1.40. The molecule has 6 heteroatoms. The molecule has 0 amide bonds. The fourth-order valence-electron chi connectivity index (χ4n) is 1.74. The van der Waals surface area contributed by atoms with Gasteiger partial charge in [0, 0.05) is 5.56 Å². The van der Waals surface area contributed by atoms with Gasteiger partial charge in [0.05, 0.1) is 6.61 Å². The quantitative estimate of drug-likeness (QED) is 0.702. The van der Waals surface area contributed by atoms with Crippen LogP contribution in [-0.2, 0) is 4.74 Å². The molecule has 0 atom stereocenters. The van der Waals surface area contributed by atoms with Gasteiger partial charge in [-0.2, -0.15) is 0 Å². The monoisotopic (exact) mass is 383 g/mol. The van der Waals surface area contributed by atoms with Crippen molar-refractivity contribution in [2.24, 2.45) is 0 Å². The third-order valence-electron chi connectivity index (χ3n) is 2.59. The maximum atomic E-state index is 12.1. The standard InChI is InChI=1S/C16H18BrNO3S/c1-5-20-11-8-6-10(7-9-11)14-18-12(13(17)22-14)15(19)21-16(2,3)4/h6-9H,5H2,1-4H3. The number of halogens is 1. The number of aromatic nitrogens is 1. The third kappa shape index (κ3) is 4.30. The first-order valence-corrected chi connectivity index (χ1v) is 8.54. The van der Waals surface area contributed by atoms with Crippen molar-refractivity contribution in [2.75, 3.05) is 6.61 Å². The van der Waals surface area contributed by atoms with Crippen molar-refractivity contribution in [3.8, 4) is 16.3 Å². The van der Waals surface area contributed by atoms with Crippen molar-refractivity contribution in [3.05, 3.63) is 33.7 Å². The average Bonchev–Trinajstić information content (AvgIpc) is 2.80. The number of ether oxygens (including phenoxy) is 2. The highest BCUT2D eigenvalue weighted by atomic mass is 79.9. The molecule has 2 aromatic rings. The van der Waals surface area contributed by atoms with Crippen LogP contribution in [0.4, 0.5) is 0 Å². The summed E-state index contributed by atoms with van der Waals surface area (Å²) in [5.74, 6) is 0.391. The number of rotatable bonds is 4. The summed E-state index contributed by atoms with van der Waals surface area (Å²) in [6.45, 7) is 8.07. The van der Waals surface area contributed by atoms with Crippen molar-refractivity contribution in [1.82, 2.24) is 4.98 Å². The highest BCUT2D eigenvalue weighted by Crippen LogP contribution is 2.33. The molecule has 1 heterocycles.